The third kappa shape index (κ3) is 1.68. The largest absolute Gasteiger partial charge is 0.769 e. The number of rotatable bonds is 1. The molecular formula is C6H6ClO2S-. The molecule has 0 spiro atoms. The van der Waals surface area contributed by atoms with Gasteiger partial charge in [-0.2, -0.15) is 0 Å². The summed E-state index contributed by atoms with van der Waals surface area (Å²) >= 11 is 3.44. The molecule has 0 saturated heterocycles. The summed E-state index contributed by atoms with van der Waals surface area (Å²) in [6.07, 6.45) is 4.78. The number of halogens is 1. The van der Waals surface area contributed by atoms with Crippen LogP contribution in [-0.4, -0.2) is 8.76 Å². The first kappa shape index (κ1) is 7.98. The third-order valence-electron chi connectivity index (χ3n) is 1.27. The lowest BCUT2D eigenvalue weighted by Crippen LogP contribution is -1.97. The van der Waals surface area contributed by atoms with Crippen LogP contribution in [0.3, 0.4) is 0 Å². The molecule has 0 N–H and O–H groups in total. The van der Waals surface area contributed by atoms with Crippen LogP contribution < -0.4 is 0 Å². The Morgan fingerprint density at radius 1 is 1.70 bits per heavy atom. The molecule has 1 atom stereocenters. The molecule has 4 heteroatoms. The molecule has 1 aliphatic carbocycles. The van der Waals surface area contributed by atoms with Crippen LogP contribution in [0.4, 0.5) is 0 Å². The number of hydrogen-bond donors (Lipinski definition) is 0. The zero-order valence-corrected chi connectivity index (χ0v) is 6.74. The quantitative estimate of drug-likeness (QED) is 0.572. The maximum Gasteiger partial charge on any atom is 0.0511 e. The normalized spacial score (nSPS) is 21.4. The van der Waals surface area contributed by atoms with Gasteiger partial charge in [0.15, 0.2) is 0 Å². The summed E-state index contributed by atoms with van der Waals surface area (Å²) in [5, 5.41) is 0.347. The Morgan fingerprint density at radius 2 is 2.40 bits per heavy atom. The summed E-state index contributed by atoms with van der Waals surface area (Å²) in [5.41, 5.74) is 0. The monoisotopic (exact) mass is 177 g/mol. The minimum absolute atomic E-state index is 0.323. The fraction of sp³-hybridized carbons (Fsp3) is 0.333. The number of allylic oxidation sites excluding steroid dienone is 4. The minimum Gasteiger partial charge on any atom is -0.769 e. The highest BCUT2D eigenvalue weighted by Crippen LogP contribution is 2.23. The molecule has 0 radical (unpaired) electrons. The van der Waals surface area contributed by atoms with Crippen LogP contribution in [0.15, 0.2) is 22.1 Å². The highest BCUT2D eigenvalue weighted by Gasteiger charge is 2.05. The van der Waals surface area contributed by atoms with E-state index in [-0.39, 0.29) is 0 Å². The van der Waals surface area contributed by atoms with Crippen LogP contribution in [0.5, 0.6) is 0 Å². The Labute approximate surface area is 66.9 Å². The fourth-order valence-electron chi connectivity index (χ4n) is 0.777. The van der Waals surface area contributed by atoms with Gasteiger partial charge >= 0.3 is 0 Å². The molecule has 1 unspecified atom stereocenters. The van der Waals surface area contributed by atoms with Crippen molar-refractivity contribution in [2.24, 2.45) is 0 Å². The average Bonchev–Trinajstić information content (AvgIpc) is 1.88. The van der Waals surface area contributed by atoms with Crippen molar-refractivity contribution in [2.75, 3.05) is 0 Å². The van der Waals surface area contributed by atoms with Crippen molar-refractivity contribution in [3.05, 3.63) is 22.1 Å². The highest BCUT2D eigenvalue weighted by atomic mass is 35.5. The van der Waals surface area contributed by atoms with E-state index in [1.165, 1.54) is 0 Å². The minimum atomic E-state index is -2.14. The molecule has 0 aromatic carbocycles. The van der Waals surface area contributed by atoms with Gasteiger partial charge in [0.1, 0.15) is 0 Å². The van der Waals surface area contributed by atoms with Gasteiger partial charge in [-0.25, -0.2) is 0 Å². The van der Waals surface area contributed by atoms with Crippen molar-refractivity contribution in [3.8, 4) is 0 Å². The predicted molar refractivity (Wildman–Crippen MR) is 40.2 cm³/mol. The van der Waals surface area contributed by atoms with Crippen LogP contribution in [0.1, 0.15) is 12.8 Å². The molecule has 0 aromatic rings. The lowest BCUT2D eigenvalue weighted by molar-refractivity contribution is 0.541. The number of hydrogen-bond acceptors (Lipinski definition) is 2. The Hall–Kier alpha value is -0.120. The van der Waals surface area contributed by atoms with E-state index in [4.69, 9.17) is 11.6 Å². The second-order valence-corrected chi connectivity index (χ2v) is 3.32. The Bertz CT molecular complexity index is 220. The van der Waals surface area contributed by atoms with Gasteiger partial charge in [-0.05, 0) is 30.0 Å². The first-order valence-corrected chi connectivity index (χ1v) is 4.31. The van der Waals surface area contributed by atoms with Gasteiger partial charge < -0.3 is 4.55 Å². The van der Waals surface area contributed by atoms with Crippen molar-refractivity contribution >= 4 is 22.7 Å². The molecule has 0 aromatic heterocycles. The van der Waals surface area contributed by atoms with Crippen molar-refractivity contribution in [2.45, 2.75) is 12.8 Å². The van der Waals surface area contributed by atoms with Gasteiger partial charge in [0.05, 0.1) is 5.03 Å². The fourth-order valence-corrected chi connectivity index (χ4v) is 1.66. The van der Waals surface area contributed by atoms with Gasteiger partial charge in [0, 0.05) is 4.91 Å². The van der Waals surface area contributed by atoms with E-state index in [0.29, 0.717) is 16.4 Å². The first-order chi connectivity index (χ1) is 4.72. The summed E-state index contributed by atoms with van der Waals surface area (Å²) < 4.78 is 20.8. The van der Waals surface area contributed by atoms with Crippen LogP contribution in [-0.2, 0) is 11.1 Å². The second-order valence-electron chi connectivity index (χ2n) is 1.95. The third-order valence-corrected chi connectivity index (χ3v) is 2.56. The van der Waals surface area contributed by atoms with Gasteiger partial charge in [-0.1, -0.05) is 17.7 Å². The molecule has 0 bridgehead atoms. The molecule has 1 aliphatic rings. The van der Waals surface area contributed by atoms with Crippen LogP contribution in [0.25, 0.3) is 0 Å². The summed E-state index contributed by atoms with van der Waals surface area (Å²) in [6.45, 7) is 0. The molecule has 10 heavy (non-hydrogen) atoms. The van der Waals surface area contributed by atoms with Crippen molar-refractivity contribution in [1.82, 2.24) is 0 Å². The lowest BCUT2D eigenvalue weighted by Gasteiger charge is -2.13. The molecule has 56 valence electrons. The topological polar surface area (TPSA) is 40.1 Å². The molecule has 0 saturated carbocycles. The maximum atomic E-state index is 10.4. The molecule has 2 nitrogen and oxygen atoms in total. The molecule has 0 fully saturated rings. The molecule has 0 heterocycles. The molecular weight excluding hydrogens is 172 g/mol. The zero-order valence-electron chi connectivity index (χ0n) is 5.17. The molecule has 0 aliphatic heterocycles. The standard InChI is InChI=1S/C6H7ClO2S/c7-5-3-1-2-4-6(5)10(8)9/h1,3H,2,4H2,(H,8,9)/p-1. The Balaban J connectivity index is 2.89. The smallest absolute Gasteiger partial charge is 0.0511 e. The van der Waals surface area contributed by atoms with Gasteiger partial charge in [-0.15, -0.1) is 0 Å². The predicted octanol–water partition coefficient (Wildman–Crippen LogP) is 1.67. The van der Waals surface area contributed by atoms with Crippen LogP contribution >= 0.6 is 11.6 Å². The van der Waals surface area contributed by atoms with Crippen LogP contribution in [0.2, 0.25) is 0 Å². The van der Waals surface area contributed by atoms with E-state index in [2.05, 4.69) is 0 Å². The lowest BCUT2D eigenvalue weighted by atomic mass is 10.2. The molecule has 0 amide bonds. The first-order valence-electron chi connectivity index (χ1n) is 2.86. The zero-order chi connectivity index (χ0) is 7.56. The van der Waals surface area contributed by atoms with Gasteiger partial charge in [0.25, 0.3) is 0 Å². The summed E-state index contributed by atoms with van der Waals surface area (Å²) in [7, 11) is 0. The summed E-state index contributed by atoms with van der Waals surface area (Å²) in [4.78, 5) is 0.323. The van der Waals surface area contributed by atoms with E-state index in [9.17, 15) is 8.76 Å². The molecule has 1 rings (SSSR count). The van der Waals surface area contributed by atoms with Gasteiger partial charge in [0.2, 0.25) is 0 Å². The summed E-state index contributed by atoms with van der Waals surface area (Å²) in [6, 6.07) is 0. The van der Waals surface area contributed by atoms with E-state index in [0.717, 1.165) is 6.42 Å². The van der Waals surface area contributed by atoms with Gasteiger partial charge in [-0.3, -0.25) is 4.21 Å². The van der Waals surface area contributed by atoms with E-state index in [1.54, 1.807) is 6.08 Å². The van der Waals surface area contributed by atoms with Crippen molar-refractivity contribution in [1.29, 1.82) is 0 Å². The summed E-state index contributed by atoms with van der Waals surface area (Å²) in [5.74, 6) is 0. The van der Waals surface area contributed by atoms with E-state index < -0.39 is 11.1 Å². The van der Waals surface area contributed by atoms with E-state index in [1.807, 2.05) is 6.08 Å². The second kappa shape index (κ2) is 3.32. The SMILES string of the molecule is O=S([O-])C1=C(Cl)C=CCC1. The Morgan fingerprint density at radius 3 is 2.80 bits per heavy atom. The Kier molecular flexibility index (Phi) is 2.65. The van der Waals surface area contributed by atoms with E-state index >= 15 is 0 Å². The van der Waals surface area contributed by atoms with Crippen molar-refractivity contribution in [3.63, 3.8) is 0 Å². The highest BCUT2D eigenvalue weighted by molar-refractivity contribution is 7.83. The maximum absolute atomic E-state index is 10.4. The average molecular weight is 178 g/mol. The van der Waals surface area contributed by atoms with Crippen molar-refractivity contribution < 1.29 is 8.76 Å². The van der Waals surface area contributed by atoms with Crippen LogP contribution in [0, 0.1) is 0 Å².